The Bertz CT molecular complexity index is 626. The first-order valence-corrected chi connectivity index (χ1v) is 6.83. The van der Waals surface area contributed by atoms with Gasteiger partial charge in [0, 0.05) is 23.2 Å². The third kappa shape index (κ3) is 3.17. The smallest absolute Gasteiger partial charge is 0.185 e. The Morgan fingerprint density at radius 2 is 2.10 bits per heavy atom. The minimum atomic E-state index is -0.0250. The predicted molar refractivity (Wildman–Crippen MR) is 79.7 cm³/mol. The number of carbonyl (C=O) groups excluding carboxylic acids is 1. The number of Topliss-reactive ketones (excluding diaryl/α,β-unsaturated/α-hetero) is 1. The van der Waals surface area contributed by atoms with E-state index in [1.807, 2.05) is 19.1 Å². The van der Waals surface area contributed by atoms with Gasteiger partial charge in [0.1, 0.15) is 11.4 Å². The highest BCUT2D eigenvalue weighted by atomic mass is 35.5. The standard InChI is InChI=1S/C16H16ClNO2/c1-3-11-5-4-8-18-16(11)14(19)10-12-9-13(17)6-7-15(12)20-2/h4-9H,3,10H2,1-2H3. The lowest BCUT2D eigenvalue weighted by Crippen LogP contribution is -2.10. The molecule has 1 heterocycles. The third-order valence-corrected chi connectivity index (χ3v) is 3.36. The van der Waals surface area contributed by atoms with Gasteiger partial charge in [-0.15, -0.1) is 0 Å². The fraction of sp³-hybridized carbons (Fsp3) is 0.250. The van der Waals surface area contributed by atoms with Gasteiger partial charge in [-0.2, -0.15) is 0 Å². The van der Waals surface area contributed by atoms with Gasteiger partial charge >= 0.3 is 0 Å². The molecule has 20 heavy (non-hydrogen) atoms. The van der Waals surface area contributed by atoms with Crippen molar-refractivity contribution in [2.24, 2.45) is 0 Å². The van der Waals surface area contributed by atoms with E-state index in [0.717, 1.165) is 17.5 Å². The summed E-state index contributed by atoms with van der Waals surface area (Å²) in [7, 11) is 1.58. The van der Waals surface area contributed by atoms with Crippen LogP contribution < -0.4 is 4.74 Å². The first-order chi connectivity index (χ1) is 9.65. The molecule has 0 amide bonds. The summed E-state index contributed by atoms with van der Waals surface area (Å²) in [6, 6.07) is 9.04. The largest absolute Gasteiger partial charge is 0.496 e. The van der Waals surface area contributed by atoms with Crippen molar-refractivity contribution in [2.45, 2.75) is 19.8 Å². The van der Waals surface area contributed by atoms with Gasteiger partial charge in [-0.3, -0.25) is 9.78 Å². The molecule has 1 aromatic heterocycles. The van der Waals surface area contributed by atoms with Crippen LogP contribution in [0.1, 0.15) is 28.5 Å². The van der Waals surface area contributed by atoms with Crippen molar-refractivity contribution < 1.29 is 9.53 Å². The minimum Gasteiger partial charge on any atom is -0.496 e. The first-order valence-electron chi connectivity index (χ1n) is 6.45. The number of aromatic nitrogens is 1. The van der Waals surface area contributed by atoms with E-state index >= 15 is 0 Å². The zero-order chi connectivity index (χ0) is 14.5. The van der Waals surface area contributed by atoms with Crippen LogP contribution in [0.15, 0.2) is 36.5 Å². The van der Waals surface area contributed by atoms with E-state index in [0.29, 0.717) is 16.5 Å². The van der Waals surface area contributed by atoms with Gasteiger partial charge in [-0.1, -0.05) is 24.6 Å². The number of hydrogen-bond acceptors (Lipinski definition) is 3. The highest BCUT2D eigenvalue weighted by Gasteiger charge is 2.15. The quantitative estimate of drug-likeness (QED) is 0.787. The number of pyridine rings is 1. The van der Waals surface area contributed by atoms with E-state index in [1.165, 1.54) is 0 Å². The highest BCUT2D eigenvalue weighted by Crippen LogP contribution is 2.24. The number of rotatable bonds is 5. The predicted octanol–water partition coefficient (Wildman–Crippen LogP) is 3.73. The maximum absolute atomic E-state index is 12.4. The number of nitrogens with zero attached hydrogens (tertiary/aromatic N) is 1. The zero-order valence-corrected chi connectivity index (χ0v) is 12.3. The Hall–Kier alpha value is -1.87. The van der Waals surface area contributed by atoms with Crippen LogP contribution in [0.5, 0.6) is 5.75 Å². The number of ether oxygens (including phenoxy) is 1. The van der Waals surface area contributed by atoms with Crippen LogP contribution in [0.4, 0.5) is 0 Å². The molecule has 0 bridgehead atoms. The summed E-state index contributed by atoms with van der Waals surface area (Å²) in [6.07, 6.45) is 2.65. The molecule has 0 saturated heterocycles. The van der Waals surface area contributed by atoms with Crippen molar-refractivity contribution in [1.29, 1.82) is 0 Å². The fourth-order valence-corrected chi connectivity index (χ4v) is 2.31. The van der Waals surface area contributed by atoms with Crippen molar-refractivity contribution >= 4 is 17.4 Å². The van der Waals surface area contributed by atoms with Crippen molar-refractivity contribution in [1.82, 2.24) is 4.98 Å². The lowest BCUT2D eigenvalue weighted by atomic mass is 10.0. The van der Waals surface area contributed by atoms with Crippen LogP contribution in [0.3, 0.4) is 0 Å². The van der Waals surface area contributed by atoms with E-state index in [9.17, 15) is 4.79 Å². The molecule has 2 aromatic rings. The van der Waals surface area contributed by atoms with Crippen LogP contribution >= 0.6 is 11.6 Å². The average molecular weight is 290 g/mol. The van der Waals surface area contributed by atoms with Crippen LogP contribution in [0, 0.1) is 0 Å². The summed E-state index contributed by atoms with van der Waals surface area (Å²) in [5.41, 5.74) is 2.26. The third-order valence-electron chi connectivity index (χ3n) is 3.13. The first kappa shape index (κ1) is 14.5. The number of halogens is 1. The van der Waals surface area contributed by atoms with E-state index < -0.39 is 0 Å². The molecule has 0 atom stereocenters. The molecule has 2 rings (SSSR count). The molecule has 104 valence electrons. The molecule has 0 saturated carbocycles. The van der Waals surface area contributed by atoms with Crippen LogP contribution in [-0.2, 0) is 12.8 Å². The number of carbonyl (C=O) groups is 1. The Kier molecular flexibility index (Phi) is 4.74. The Balaban J connectivity index is 2.30. The Morgan fingerprint density at radius 1 is 1.30 bits per heavy atom. The number of ketones is 1. The molecule has 0 unspecified atom stereocenters. The van der Waals surface area contributed by atoms with Crippen molar-refractivity contribution in [3.63, 3.8) is 0 Å². The second-order valence-electron chi connectivity index (χ2n) is 4.42. The molecule has 3 nitrogen and oxygen atoms in total. The minimum absolute atomic E-state index is 0.0250. The van der Waals surface area contributed by atoms with Crippen molar-refractivity contribution in [3.8, 4) is 5.75 Å². The maximum atomic E-state index is 12.4. The summed E-state index contributed by atoms with van der Waals surface area (Å²) in [6.45, 7) is 2.01. The summed E-state index contributed by atoms with van der Waals surface area (Å²) in [5.74, 6) is 0.639. The van der Waals surface area contributed by atoms with Gasteiger partial charge in [-0.05, 0) is 36.2 Å². The molecule has 0 aliphatic carbocycles. The number of benzene rings is 1. The molecule has 0 radical (unpaired) electrons. The maximum Gasteiger partial charge on any atom is 0.185 e. The molecule has 0 aliphatic rings. The summed E-state index contributed by atoms with van der Waals surface area (Å²) >= 11 is 5.98. The van der Waals surface area contributed by atoms with E-state index in [1.54, 1.807) is 31.5 Å². The molecular weight excluding hydrogens is 274 g/mol. The number of aryl methyl sites for hydroxylation is 1. The molecule has 0 spiro atoms. The van der Waals surface area contributed by atoms with Gasteiger partial charge in [-0.25, -0.2) is 0 Å². The lowest BCUT2D eigenvalue weighted by molar-refractivity contribution is 0.0986. The molecular formula is C16H16ClNO2. The number of methoxy groups -OCH3 is 1. The SMILES string of the molecule is CCc1cccnc1C(=O)Cc1cc(Cl)ccc1OC. The lowest BCUT2D eigenvalue weighted by Gasteiger charge is -2.09. The molecule has 0 aliphatic heterocycles. The zero-order valence-electron chi connectivity index (χ0n) is 11.5. The van der Waals surface area contributed by atoms with Gasteiger partial charge in [0.15, 0.2) is 5.78 Å². The Morgan fingerprint density at radius 3 is 2.80 bits per heavy atom. The molecule has 1 aromatic carbocycles. The van der Waals surface area contributed by atoms with Crippen molar-refractivity contribution in [3.05, 3.63) is 58.4 Å². The topological polar surface area (TPSA) is 39.2 Å². The van der Waals surface area contributed by atoms with Crippen LogP contribution in [-0.4, -0.2) is 17.9 Å². The summed E-state index contributed by atoms with van der Waals surface area (Å²) in [5, 5.41) is 0.588. The monoisotopic (exact) mass is 289 g/mol. The average Bonchev–Trinajstić information content (AvgIpc) is 2.47. The van der Waals surface area contributed by atoms with E-state index in [2.05, 4.69) is 4.98 Å². The van der Waals surface area contributed by atoms with Gasteiger partial charge in [0.25, 0.3) is 0 Å². The van der Waals surface area contributed by atoms with Gasteiger partial charge in [0.05, 0.1) is 7.11 Å². The van der Waals surface area contributed by atoms with Crippen molar-refractivity contribution in [2.75, 3.05) is 7.11 Å². The second kappa shape index (κ2) is 6.53. The fourth-order valence-electron chi connectivity index (χ4n) is 2.12. The Labute approximate surface area is 123 Å². The molecule has 0 N–H and O–H groups in total. The highest BCUT2D eigenvalue weighted by molar-refractivity contribution is 6.30. The normalized spacial score (nSPS) is 10.3. The van der Waals surface area contributed by atoms with E-state index in [-0.39, 0.29) is 12.2 Å². The summed E-state index contributed by atoms with van der Waals surface area (Å²) in [4.78, 5) is 16.6. The van der Waals surface area contributed by atoms with Gasteiger partial charge < -0.3 is 4.74 Å². The molecule has 0 fully saturated rings. The van der Waals surface area contributed by atoms with E-state index in [4.69, 9.17) is 16.3 Å². The summed E-state index contributed by atoms with van der Waals surface area (Å²) < 4.78 is 5.26. The van der Waals surface area contributed by atoms with Crippen LogP contribution in [0.25, 0.3) is 0 Å². The molecule has 4 heteroatoms. The number of hydrogen-bond donors (Lipinski definition) is 0. The van der Waals surface area contributed by atoms with Gasteiger partial charge in [0.2, 0.25) is 0 Å². The van der Waals surface area contributed by atoms with Crippen LogP contribution in [0.2, 0.25) is 5.02 Å². The second-order valence-corrected chi connectivity index (χ2v) is 4.86.